The van der Waals surface area contributed by atoms with Gasteiger partial charge in [0.2, 0.25) is 0 Å². The normalized spacial score (nSPS) is 19.9. The molecular formula is C17H28N4OS. The van der Waals surface area contributed by atoms with Gasteiger partial charge in [-0.15, -0.1) is 11.3 Å². The molecule has 1 aliphatic carbocycles. The van der Waals surface area contributed by atoms with Gasteiger partial charge in [-0.1, -0.05) is 13.3 Å². The average Bonchev–Trinajstić information content (AvgIpc) is 2.77. The Balaban J connectivity index is 1.39. The second-order valence-electron chi connectivity index (χ2n) is 6.85. The van der Waals surface area contributed by atoms with Crippen molar-refractivity contribution >= 4 is 22.5 Å². The number of fused-ring (bicyclic) bond motifs is 1. The number of rotatable bonds is 4. The van der Waals surface area contributed by atoms with E-state index in [0.717, 1.165) is 43.5 Å². The second kappa shape index (κ2) is 8.11. The van der Waals surface area contributed by atoms with Gasteiger partial charge in [0, 0.05) is 18.0 Å². The maximum absolute atomic E-state index is 12.0. The monoisotopic (exact) mass is 336 g/mol. The first kappa shape index (κ1) is 16.7. The van der Waals surface area contributed by atoms with Crippen LogP contribution in [0.15, 0.2) is 0 Å². The Morgan fingerprint density at radius 1 is 1.26 bits per heavy atom. The van der Waals surface area contributed by atoms with Crippen molar-refractivity contribution in [3.63, 3.8) is 0 Å². The molecule has 2 aliphatic rings. The minimum absolute atomic E-state index is 0.126. The standard InChI is InChI=1S/C17H28N4OS/c1-13-7-10-21(11-8-13)12-9-18-16(22)20-17-19-14-5-3-2-4-6-15(14)23-17/h13H,2-12H2,1H3,(H2,18,19,20,22). The van der Waals surface area contributed by atoms with Crippen LogP contribution in [0.1, 0.15) is 49.6 Å². The summed E-state index contributed by atoms with van der Waals surface area (Å²) in [7, 11) is 0. The van der Waals surface area contributed by atoms with Crippen molar-refractivity contribution in [2.45, 2.75) is 51.9 Å². The minimum Gasteiger partial charge on any atom is -0.337 e. The number of urea groups is 1. The average molecular weight is 337 g/mol. The van der Waals surface area contributed by atoms with Gasteiger partial charge < -0.3 is 10.2 Å². The van der Waals surface area contributed by atoms with Crippen molar-refractivity contribution in [3.8, 4) is 0 Å². The number of carbonyl (C=O) groups excluding carboxylic acids is 1. The quantitative estimate of drug-likeness (QED) is 0.830. The number of amides is 2. The number of piperidine rings is 1. The van der Waals surface area contributed by atoms with Crippen molar-refractivity contribution in [2.24, 2.45) is 5.92 Å². The van der Waals surface area contributed by atoms with Crippen LogP contribution >= 0.6 is 11.3 Å². The van der Waals surface area contributed by atoms with Gasteiger partial charge in [0.25, 0.3) is 0 Å². The molecule has 6 heteroatoms. The largest absolute Gasteiger partial charge is 0.337 e. The maximum Gasteiger partial charge on any atom is 0.321 e. The Labute approximate surface area is 142 Å². The van der Waals surface area contributed by atoms with Crippen molar-refractivity contribution in [1.29, 1.82) is 0 Å². The lowest BCUT2D eigenvalue weighted by atomic mass is 9.99. The number of nitrogens with one attached hydrogen (secondary N) is 2. The van der Waals surface area contributed by atoms with Crippen LogP contribution in [0.4, 0.5) is 9.93 Å². The molecule has 0 saturated carbocycles. The number of nitrogens with zero attached hydrogens (tertiary/aromatic N) is 2. The summed E-state index contributed by atoms with van der Waals surface area (Å²) >= 11 is 1.65. The first-order valence-electron chi connectivity index (χ1n) is 8.96. The summed E-state index contributed by atoms with van der Waals surface area (Å²) in [5.74, 6) is 0.850. The van der Waals surface area contributed by atoms with E-state index in [9.17, 15) is 4.79 Å². The number of thiazole rings is 1. The molecule has 1 aromatic heterocycles. The van der Waals surface area contributed by atoms with Crippen LogP contribution in [0.3, 0.4) is 0 Å². The topological polar surface area (TPSA) is 57.3 Å². The van der Waals surface area contributed by atoms with Gasteiger partial charge in [0.15, 0.2) is 5.13 Å². The number of carbonyl (C=O) groups is 1. The molecule has 0 bridgehead atoms. The Morgan fingerprint density at radius 3 is 2.87 bits per heavy atom. The molecule has 1 fully saturated rings. The summed E-state index contributed by atoms with van der Waals surface area (Å²) in [5, 5.41) is 6.61. The van der Waals surface area contributed by atoms with E-state index in [1.54, 1.807) is 11.3 Å². The highest BCUT2D eigenvalue weighted by Gasteiger charge is 2.17. The summed E-state index contributed by atoms with van der Waals surface area (Å²) in [6.07, 6.45) is 8.48. The van der Waals surface area contributed by atoms with Gasteiger partial charge in [0.05, 0.1) is 5.69 Å². The molecule has 3 rings (SSSR count). The van der Waals surface area contributed by atoms with E-state index >= 15 is 0 Å². The van der Waals surface area contributed by atoms with Crippen LogP contribution in [-0.4, -0.2) is 42.1 Å². The van der Waals surface area contributed by atoms with E-state index in [1.807, 2.05) is 0 Å². The summed E-state index contributed by atoms with van der Waals surface area (Å²) < 4.78 is 0. The Morgan fingerprint density at radius 2 is 2.04 bits per heavy atom. The third kappa shape index (κ3) is 4.91. The van der Waals surface area contributed by atoms with Crippen molar-refractivity contribution in [3.05, 3.63) is 10.6 Å². The predicted octanol–water partition coefficient (Wildman–Crippen LogP) is 3.27. The first-order chi connectivity index (χ1) is 11.2. The van der Waals surface area contributed by atoms with Crippen molar-refractivity contribution in [2.75, 3.05) is 31.5 Å². The van der Waals surface area contributed by atoms with E-state index in [4.69, 9.17) is 0 Å². The van der Waals surface area contributed by atoms with E-state index in [0.29, 0.717) is 6.54 Å². The zero-order valence-electron chi connectivity index (χ0n) is 14.1. The molecule has 2 heterocycles. The van der Waals surface area contributed by atoms with Crippen LogP contribution in [-0.2, 0) is 12.8 Å². The Kier molecular flexibility index (Phi) is 5.89. The molecule has 1 saturated heterocycles. The third-order valence-electron chi connectivity index (χ3n) is 4.91. The molecule has 1 aromatic rings. The summed E-state index contributed by atoms with van der Waals surface area (Å²) in [4.78, 5) is 20.4. The molecule has 0 radical (unpaired) electrons. The SMILES string of the molecule is CC1CCN(CCNC(=O)Nc2nc3c(s2)CCCCC3)CC1. The smallest absolute Gasteiger partial charge is 0.321 e. The van der Waals surface area contributed by atoms with Crippen LogP contribution < -0.4 is 10.6 Å². The molecule has 23 heavy (non-hydrogen) atoms. The molecule has 0 spiro atoms. The number of likely N-dealkylation sites (tertiary alicyclic amines) is 1. The molecule has 0 unspecified atom stereocenters. The zero-order valence-corrected chi connectivity index (χ0v) is 14.9. The molecule has 0 atom stereocenters. The highest BCUT2D eigenvalue weighted by Crippen LogP contribution is 2.28. The lowest BCUT2D eigenvalue weighted by Crippen LogP contribution is -2.40. The maximum atomic E-state index is 12.0. The van der Waals surface area contributed by atoms with Gasteiger partial charge in [-0.05, 0) is 57.5 Å². The van der Waals surface area contributed by atoms with E-state index in [-0.39, 0.29) is 6.03 Å². The van der Waals surface area contributed by atoms with Crippen molar-refractivity contribution in [1.82, 2.24) is 15.2 Å². The molecule has 2 amide bonds. The molecule has 0 aromatic carbocycles. The van der Waals surface area contributed by atoms with Gasteiger partial charge in [-0.25, -0.2) is 9.78 Å². The lowest BCUT2D eigenvalue weighted by molar-refractivity contribution is 0.192. The van der Waals surface area contributed by atoms with Crippen LogP contribution in [0, 0.1) is 5.92 Å². The fourth-order valence-corrected chi connectivity index (χ4v) is 4.38. The van der Waals surface area contributed by atoms with Gasteiger partial charge >= 0.3 is 6.03 Å². The Bertz CT molecular complexity index is 499. The molecule has 1 aliphatic heterocycles. The van der Waals surface area contributed by atoms with Gasteiger partial charge in [-0.3, -0.25) is 5.32 Å². The molecule has 5 nitrogen and oxygen atoms in total. The van der Waals surface area contributed by atoms with Crippen LogP contribution in [0.25, 0.3) is 0 Å². The fourth-order valence-electron chi connectivity index (χ4n) is 3.34. The summed E-state index contributed by atoms with van der Waals surface area (Å²) in [6.45, 7) is 6.27. The molecular weight excluding hydrogens is 308 g/mol. The Hall–Kier alpha value is -1.14. The van der Waals surface area contributed by atoms with E-state index in [1.165, 1.54) is 42.7 Å². The minimum atomic E-state index is -0.126. The fraction of sp³-hybridized carbons (Fsp3) is 0.765. The summed E-state index contributed by atoms with van der Waals surface area (Å²) in [5.41, 5.74) is 1.20. The highest BCUT2D eigenvalue weighted by molar-refractivity contribution is 7.15. The molecule has 2 N–H and O–H groups in total. The zero-order chi connectivity index (χ0) is 16.1. The number of anilines is 1. The summed E-state index contributed by atoms with van der Waals surface area (Å²) in [6, 6.07) is -0.126. The van der Waals surface area contributed by atoms with E-state index in [2.05, 4.69) is 27.4 Å². The van der Waals surface area contributed by atoms with Crippen LogP contribution in [0.2, 0.25) is 0 Å². The van der Waals surface area contributed by atoms with Gasteiger partial charge in [-0.2, -0.15) is 0 Å². The number of aromatic nitrogens is 1. The predicted molar refractivity (Wildman–Crippen MR) is 95.2 cm³/mol. The first-order valence-corrected chi connectivity index (χ1v) is 9.78. The number of hydrogen-bond donors (Lipinski definition) is 2. The number of aryl methyl sites for hydroxylation is 2. The van der Waals surface area contributed by atoms with Crippen LogP contribution in [0.5, 0.6) is 0 Å². The van der Waals surface area contributed by atoms with Gasteiger partial charge in [0.1, 0.15) is 0 Å². The van der Waals surface area contributed by atoms with Crippen molar-refractivity contribution < 1.29 is 4.79 Å². The number of hydrogen-bond acceptors (Lipinski definition) is 4. The lowest BCUT2D eigenvalue weighted by Gasteiger charge is -2.30. The second-order valence-corrected chi connectivity index (χ2v) is 7.94. The van der Waals surface area contributed by atoms with E-state index < -0.39 is 0 Å². The highest BCUT2D eigenvalue weighted by atomic mass is 32.1. The molecule has 128 valence electrons. The third-order valence-corrected chi connectivity index (χ3v) is 5.98.